The summed E-state index contributed by atoms with van der Waals surface area (Å²) in [6.07, 6.45) is 5.08. The average molecular weight is 796 g/mol. The van der Waals surface area contributed by atoms with Gasteiger partial charge in [0, 0.05) is 68.4 Å². The van der Waals surface area contributed by atoms with Crippen LogP contribution >= 0.6 is 0 Å². The minimum Gasteiger partial charge on any atom is -0.485 e. The van der Waals surface area contributed by atoms with Crippen molar-refractivity contribution in [3.8, 4) is 45.6 Å². The third-order valence-electron chi connectivity index (χ3n) is 12.4. The molecule has 0 aromatic heterocycles. The number of hydrogen-bond donors (Lipinski definition) is 0. The van der Waals surface area contributed by atoms with Crippen LogP contribution in [0.1, 0.15) is 17.5 Å². The molecule has 12 rings (SSSR count). The SMILES string of the molecule is N#Cc1ccc(N(c2ccccc2)c2ccc3c(c2)Oc2ccc4c5c(ccc-3c25)OC2CC(N(c3ccccc3)c3ccc5ccccc5c3)=CC=C42)c(-c2ccccc2)c1. The van der Waals surface area contributed by atoms with E-state index in [1.165, 1.54) is 27.6 Å². The molecule has 2 heterocycles. The monoisotopic (exact) mass is 795 g/mol. The van der Waals surface area contributed by atoms with Crippen LogP contribution in [-0.4, -0.2) is 6.10 Å². The van der Waals surface area contributed by atoms with E-state index in [0.29, 0.717) is 12.0 Å². The Balaban J connectivity index is 0.946. The largest absolute Gasteiger partial charge is 0.485 e. The van der Waals surface area contributed by atoms with Gasteiger partial charge < -0.3 is 19.3 Å². The molecule has 1 aliphatic carbocycles. The predicted molar refractivity (Wildman–Crippen MR) is 252 cm³/mol. The minimum absolute atomic E-state index is 0.153. The average Bonchev–Trinajstić information content (AvgIpc) is 3.34. The van der Waals surface area contributed by atoms with E-state index >= 15 is 0 Å². The van der Waals surface area contributed by atoms with Crippen LogP contribution in [0.2, 0.25) is 0 Å². The first-order valence-corrected chi connectivity index (χ1v) is 21.0. The van der Waals surface area contributed by atoms with Crippen molar-refractivity contribution in [1.82, 2.24) is 0 Å². The van der Waals surface area contributed by atoms with Gasteiger partial charge in [-0.05, 0) is 118 Å². The molecule has 62 heavy (non-hydrogen) atoms. The number of hydrogen-bond acceptors (Lipinski definition) is 5. The van der Waals surface area contributed by atoms with E-state index in [1.807, 2.05) is 54.6 Å². The number of rotatable bonds is 7. The van der Waals surface area contributed by atoms with Gasteiger partial charge in [0.2, 0.25) is 0 Å². The maximum absolute atomic E-state index is 9.90. The highest BCUT2D eigenvalue weighted by atomic mass is 16.5. The van der Waals surface area contributed by atoms with Crippen molar-refractivity contribution in [2.24, 2.45) is 0 Å². The van der Waals surface area contributed by atoms with Gasteiger partial charge in [-0.25, -0.2) is 0 Å². The smallest absolute Gasteiger partial charge is 0.137 e. The normalized spacial score (nSPS) is 14.3. The van der Waals surface area contributed by atoms with Crippen LogP contribution in [0.25, 0.3) is 49.4 Å². The summed E-state index contributed by atoms with van der Waals surface area (Å²) in [6, 6.07) is 69.8. The summed E-state index contributed by atoms with van der Waals surface area (Å²) in [6.45, 7) is 0. The number of nitrogens with zero attached hydrogens (tertiary/aromatic N) is 3. The molecule has 0 fully saturated rings. The van der Waals surface area contributed by atoms with E-state index in [9.17, 15) is 5.26 Å². The molecule has 1 unspecified atom stereocenters. The van der Waals surface area contributed by atoms with Gasteiger partial charge in [-0.1, -0.05) is 109 Å². The first-order valence-electron chi connectivity index (χ1n) is 21.0. The number of allylic oxidation sites excluding steroid dienone is 2. The van der Waals surface area contributed by atoms with Crippen LogP contribution in [0.3, 0.4) is 0 Å². The van der Waals surface area contributed by atoms with E-state index < -0.39 is 0 Å². The zero-order chi connectivity index (χ0) is 41.1. The number of fused-ring (bicyclic) bond motifs is 5. The van der Waals surface area contributed by atoms with E-state index in [2.05, 4.69) is 168 Å². The Morgan fingerprint density at radius 2 is 1.11 bits per heavy atom. The molecule has 0 saturated heterocycles. The van der Waals surface area contributed by atoms with Gasteiger partial charge in [0.25, 0.3) is 0 Å². The second-order valence-electron chi connectivity index (χ2n) is 15.9. The standard InChI is InChI=1S/C57H37N3O2/c58-36-37-20-29-51(50(32-37)39-13-4-1-5-14-39)60(42-18-8-3-9-19-42)45-24-26-47-49-28-30-52-56-48(27-31-53(57(49)56)62-55(47)35-45)46-25-23-44(34-54(46)61-52)59(41-16-6-2-7-17-41)43-22-21-38-12-10-11-15-40(38)33-43/h1-33,35,54H,34H2. The summed E-state index contributed by atoms with van der Waals surface area (Å²) in [5.74, 6) is 2.46. The third kappa shape index (κ3) is 5.84. The lowest BCUT2D eigenvalue weighted by Gasteiger charge is -2.37. The van der Waals surface area contributed by atoms with Crippen LogP contribution in [0, 0.1) is 11.3 Å². The highest BCUT2D eigenvalue weighted by Gasteiger charge is 2.35. The predicted octanol–water partition coefficient (Wildman–Crippen LogP) is 15.0. The van der Waals surface area contributed by atoms with Gasteiger partial charge in [-0.15, -0.1) is 0 Å². The Morgan fingerprint density at radius 3 is 1.90 bits per heavy atom. The fourth-order valence-corrected chi connectivity index (χ4v) is 9.53. The highest BCUT2D eigenvalue weighted by molar-refractivity contribution is 6.12. The molecule has 3 aliphatic rings. The van der Waals surface area contributed by atoms with Crippen molar-refractivity contribution in [3.63, 3.8) is 0 Å². The van der Waals surface area contributed by atoms with Gasteiger partial charge in [0.1, 0.15) is 23.4 Å². The Bertz CT molecular complexity index is 3350. The molecule has 292 valence electrons. The minimum atomic E-state index is -0.153. The van der Waals surface area contributed by atoms with Crippen LogP contribution in [-0.2, 0) is 0 Å². The molecular formula is C57H37N3O2. The van der Waals surface area contributed by atoms with Crippen LogP contribution < -0.4 is 19.3 Å². The van der Waals surface area contributed by atoms with E-state index in [0.717, 1.165) is 78.7 Å². The lowest BCUT2D eigenvalue weighted by atomic mass is 9.84. The number of anilines is 5. The van der Waals surface area contributed by atoms with E-state index in [4.69, 9.17) is 9.47 Å². The van der Waals surface area contributed by atoms with E-state index in [1.54, 1.807) is 0 Å². The molecule has 0 amide bonds. The summed E-state index contributed by atoms with van der Waals surface area (Å²) in [5, 5.41) is 14.5. The highest BCUT2D eigenvalue weighted by Crippen LogP contribution is 2.55. The van der Waals surface area contributed by atoms with Crippen LogP contribution in [0.15, 0.2) is 212 Å². The molecule has 9 aromatic rings. The summed E-state index contributed by atoms with van der Waals surface area (Å²) >= 11 is 0. The second kappa shape index (κ2) is 14.4. The molecule has 9 aromatic carbocycles. The quantitative estimate of drug-likeness (QED) is 0.161. The zero-order valence-electron chi connectivity index (χ0n) is 33.6. The zero-order valence-corrected chi connectivity index (χ0v) is 33.6. The van der Waals surface area contributed by atoms with E-state index in [-0.39, 0.29) is 6.10 Å². The fourth-order valence-electron chi connectivity index (χ4n) is 9.53. The van der Waals surface area contributed by atoms with Gasteiger partial charge >= 0.3 is 0 Å². The lowest BCUT2D eigenvalue weighted by molar-refractivity contribution is 0.256. The van der Waals surface area contributed by atoms with Crippen LogP contribution in [0.4, 0.5) is 28.4 Å². The lowest BCUT2D eigenvalue weighted by Crippen LogP contribution is -2.29. The molecule has 0 radical (unpaired) electrons. The Labute approximate surface area is 359 Å². The molecule has 0 bridgehead atoms. The summed E-state index contributed by atoms with van der Waals surface area (Å²) in [5.41, 5.74) is 13.4. The van der Waals surface area contributed by atoms with Crippen molar-refractivity contribution in [2.45, 2.75) is 12.5 Å². The first kappa shape index (κ1) is 35.6. The Hall–Kier alpha value is -8.33. The molecule has 0 N–H and O–H groups in total. The van der Waals surface area contributed by atoms with Crippen molar-refractivity contribution < 1.29 is 9.47 Å². The molecule has 5 nitrogen and oxygen atoms in total. The number of nitriles is 1. The van der Waals surface area contributed by atoms with Gasteiger partial charge in [0.15, 0.2) is 0 Å². The molecule has 0 spiro atoms. The molecule has 1 atom stereocenters. The fraction of sp³-hybridized carbons (Fsp3) is 0.0351. The van der Waals surface area contributed by atoms with Crippen molar-refractivity contribution >= 4 is 55.6 Å². The summed E-state index contributed by atoms with van der Waals surface area (Å²) in [4.78, 5) is 4.60. The van der Waals surface area contributed by atoms with Gasteiger partial charge in [-0.2, -0.15) is 5.26 Å². The number of para-hydroxylation sites is 2. The molecule has 2 aliphatic heterocycles. The van der Waals surface area contributed by atoms with Crippen LogP contribution in [0.5, 0.6) is 17.2 Å². The molecule has 0 saturated carbocycles. The second-order valence-corrected chi connectivity index (χ2v) is 15.9. The maximum atomic E-state index is 9.90. The third-order valence-corrected chi connectivity index (χ3v) is 12.4. The topological polar surface area (TPSA) is 48.7 Å². The first-order chi connectivity index (χ1) is 30.7. The molecule has 5 heteroatoms. The Kier molecular flexibility index (Phi) is 8.29. The van der Waals surface area contributed by atoms with Gasteiger partial charge in [0.05, 0.1) is 17.3 Å². The molecular weight excluding hydrogens is 759 g/mol. The van der Waals surface area contributed by atoms with Crippen molar-refractivity contribution in [1.29, 1.82) is 5.26 Å². The van der Waals surface area contributed by atoms with Crippen molar-refractivity contribution in [3.05, 3.63) is 223 Å². The van der Waals surface area contributed by atoms with Gasteiger partial charge in [-0.3, -0.25) is 0 Å². The van der Waals surface area contributed by atoms with Crippen molar-refractivity contribution in [2.75, 3.05) is 9.80 Å². The number of ether oxygens (including phenoxy) is 2. The maximum Gasteiger partial charge on any atom is 0.137 e. The summed E-state index contributed by atoms with van der Waals surface area (Å²) < 4.78 is 13.9. The Morgan fingerprint density at radius 1 is 0.468 bits per heavy atom. The summed E-state index contributed by atoms with van der Waals surface area (Å²) in [7, 11) is 0. The number of benzene rings is 9.